The lowest BCUT2D eigenvalue weighted by Gasteiger charge is -2.21. The Morgan fingerprint density at radius 2 is 1.55 bits per heavy atom. The molecule has 0 amide bonds. The molecule has 0 aromatic heterocycles. The molecule has 0 aromatic carbocycles. The molecule has 11 heavy (non-hydrogen) atoms. The monoisotopic (exact) mass is 168 g/mol. The van der Waals surface area contributed by atoms with E-state index in [1.165, 1.54) is 0 Å². The minimum atomic E-state index is -4.59. The fraction of sp³-hybridized carbons (Fsp3) is 1.00. The molecule has 0 rings (SSSR count). The lowest BCUT2D eigenvalue weighted by molar-refractivity contribution is 0.307. The van der Waals surface area contributed by atoms with Crippen LogP contribution in [0.2, 0.25) is 6.32 Å². The highest BCUT2D eigenvalue weighted by Gasteiger charge is 2.22. The minimum absolute atomic E-state index is 0.149. The fourth-order valence-electron chi connectivity index (χ4n) is 0.869. The van der Waals surface area contributed by atoms with Crippen LogP contribution >= 0.6 is 0 Å². The van der Waals surface area contributed by atoms with E-state index in [9.17, 15) is 12.9 Å². The van der Waals surface area contributed by atoms with Gasteiger partial charge in [-0.2, -0.15) is 0 Å². The van der Waals surface area contributed by atoms with Crippen molar-refractivity contribution in [2.24, 2.45) is 0 Å². The zero-order valence-electron chi connectivity index (χ0n) is 6.99. The Labute approximate surface area is 65.6 Å². The summed E-state index contributed by atoms with van der Waals surface area (Å²) in [7, 11) is 0. The Balaban J connectivity index is 3.51. The van der Waals surface area contributed by atoms with Gasteiger partial charge in [-0.25, -0.2) is 0 Å². The van der Waals surface area contributed by atoms with Crippen molar-refractivity contribution in [3.63, 3.8) is 0 Å². The van der Waals surface area contributed by atoms with Gasteiger partial charge in [-0.15, -0.1) is 0 Å². The molecule has 0 fully saturated rings. The van der Waals surface area contributed by atoms with Crippen molar-refractivity contribution in [2.75, 3.05) is 19.6 Å². The lowest BCUT2D eigenvalue weighted by Crippen LogP contribution is -2.29. The Bertz CT molecular complexity index is 100. The third-order valence-corrected chi connectivity index (χ3v) is 1.67. The number of rotatable bonds is 5. The van der Waals surface area contributed by atoms with Gasteiger partial charge in [0, 0.05) is 0 Å². The van der Waals surface area contributed by atoms with Gasteiger partial charge >= 0.3 is 6.98 Å². The van der Waals surface area contributed by atoms with E-state index in [1.54, 1.807) is 4.90 Å². The molecule has 0 aliphatic rings. The number of nitrogens with zero attached hydrogens (tertiary/aromatic N) is 1. The van der Waals surface area contributed by atoms with Crippen LogP contribution < -0.4 is 0 Å². The minimum Gasteiger partial charge on any atom is -0.449 e. The van der Waals surface area contributed by atoms with E-state index in [-0.39, 0.29) is 6.54 Å². The van der Waals surface area contributed by atoms with Crippen LogP contribution in [0.3, 0.4) is 0 Å². The molecule has 0 N–H and O–H groups in total. The first kappa shape index (κ1) is 10.8. The van der Waals surface area contributed by atoms with Crippen LogP contribution in [0.4, 0.5) is 12.9 Å². The van der Waals surface area contributed by atoms with Crippen LogP contribution in [-0.4, -0.2) is 31.5 Å². The van der Waals surface area contributed by atoms with Crippen LogP contribution in [0, 0.1) is 0 Å². The molecule has 0 unspecified atom stereocenters. The molecule has 0 heterocycles. The van der Waals surface area contributed by atoms with Gasteiger partial charge in [0.1, 0.15) is 0 Å². The van der Waals surface area contributed by atoms with E-state index in [2.05, 4.69) is 0 Å². The highest BCUT2D eigenvalue weighted by Crippen LogP contribution is 2.14. The van der Waals surface area contributed by atoms with E-state index in [1.807, 2.05) is 13.8 Å². The molecule has 1 nitrogen and oxygen atoms in total. The van der Waals surface area contributed by atoms with Gasteiger partial charge in [-0.05, 0) is 19.6 Å². The van der Waals surface area contributed by atoms with Crippen molar-refractivity contribution in [1.82, 2.24) is 4.90 Å². The predicted molar refractivity (Wildman–Crippen MR) is 41.7 cm³/mol. The summed E-state index contributed by atoms with van der Waals surface area (Å²) in [5, 5.41) is 0. The van der Waals surface area contributed by atoms with E-state index >= 15 is 0 Å². The van der Waals surface area contributed by atoms with E-state index in [4.69, 9.17) is 0 Å². The maximum Gasteiger partial charge on any atom is 0.479 e. The standard InChI is InChI=1S/C6H14BF3N/c1-3-11(4-2)6-5-7(8,9)10/h3-6H2,1-2H3/q-1. The first-order chi connectivity index (χ1) is 4.99. The number of hydrogen-bond acceptors (Lipinski definition) is 1. The zero-order valence-corrected chi connectivity index (χ0v) is 6.99. The summed E-state index contributed by atoms with van der Waals surface area (Å²) in [5.41, 5.74) is 0. The average Bonchev–Trinajstić information content (AvgIpc) is 1.88. The Morgan fingerprint density at radius 1 is 1.09 bits per heavy atom. The van der Waals surface area contributed by atoms with Crippen LogP contribution in [0.15, 0.2) is 0 Å². The molecular weight excluding hydrogens is 154 g/mol. The van der Waals surface area contributed by atoms with E-state index in [0.29, 0.717) is 13.1 Å². The SMILES string of the molecule is CCN(CC)CC[B-](F)(F)F. The molecule has 68 valence electrons. The second-order valence-corrected chi connectivity index (χ2v) is 2.53. The van der Waals surface area contributed by atoms with Crippen molar-refractivity contribution < 1.29 is 12.9 Å². The summed E-state index contributed by atoms with van der Waals surface area (Å²) in [6.07, 6.45) is -0.637. The van der Waals surface area contributed by atoms with Crippen molar-refractivity contribution >= 4 is 6.98 Å². The molecule has 0 spiro atoms. The topological polar surface area (TPSA) is 3.24 Å². The largest absolute Gasteiger partial charge is 0.479 e. The third-order valence-electron chi connectivity index (χ3n) is 1.67. The molecule has 0 saturated heterocycles. The molecule has 0 aliphatic heterocycles. The molecule has 0 aromatic rings. The van der Waals surface area contributed by atoms with Gasteiger partial charge in [0.2, 0.25) is 0 Å². The first-order valence-electron chi connectivity index (χ1n) is 3.93. The quantitative estimate of drug-likeness (QED) is 0.568. The van der Waals surface area contributed by atoms with Crippen molar-refractivity contribution in [3.8, 4) is 0 Å². The van der Waals surface area contributed by atoms with Gasteiger partial charge < -0.3 is 17.8 Å². The molecule has 0 radical (unpaired) electrons. The van der Waals surface area contributed by atoms with Crippen LogP contribution in [-0.2, 0) is 0 Å². The smallest absolute Gasteiger partial charge is 0.449 e. The summed E-state index contributed by atoms with van der Waals surface area (Å²) in [5.74, 6) is 0. The Kier molecular flexibility index (Phi) is 4.57. The van der Waals surface area contributed by atoms with E-state index < -0.39 is 13.3 Å². The molecule has 0 atom stereocenters. The number of halogens is 3. The second-order valence-electron chi connectivity index (χ2n) is 2.53. The summed E-state index contributed by atoms with van der Waals surface area (Å²) in [6, 6.07) is 0. The Morgan fingerprint density at radius 3 is 1.82 bits per heavy atom. The summed E-state index contributed by atoms with van der Waals surface area (Å²) >= 11 is 0. The predicted octanol–water partition coefficient (Wildman–Crippen LogP) is 2.18. The highest BCUT2D eigenvalue weighted by molar-refractivity contribution is 6.58. The lowest BCUT2D eigenvalue weighted by atomic mass is 9.86. The average molecular weight is 168 g/mol. The van der Waals surface area contributed by atoms with Crippen molar-refractivity contribution in [2.45, 2.75) is 20.2 Å². The van der Waals surface area contributed by atoms with Gasteiger partial charge in [-0.1, -0.05) is 20.2 Å². The van der Waals surface area contributed by atoms with Gasteiger partial charge in [0.05, 0.1) is 0 Å². The van der Waals surface area contributed by atoms with E-state index in [0.717, 1.165) is 0 Å². The fourth-order valence-corrected chi connectivity index (χ4v) is 0.869. The molecule has 5 heteroatoms. The highest BCUT2D eigenvalue weighted by atomic mass is 19.4. The van der Waals surface area contributed by atoms with Crippen molar-refractivity contribution in [3.05, 3.63) is 0 Å². The van der Waals surface area contributed by atoms with Gasteiger partial charge in [0.25, 0.3) is 0 Å². The molecular formula is C6H14BF3N-. The maximum absolute atomic E-state index is 11.7. The third kappa shape index (κ3) is 6.22. The Hall–Kier alpha value is -0.185. The normalized spacial score (nSPS) is 12.5. The summed E-state index contributed by atoms with van der Waals surface area (Å²) in [4.78, 5) is 1.77. The van der Waals surface area contributed by atoms with Crippen LogP contribution in [0.25, 0.3) is 0 Å². The second kappa shape index (κ2) is 4.64. The zero-order chi connectivity index (χ0) is 8.91. The van der Waals surface area contributed by atoms with Crippen LogP contribution in [0.1, 0.15) is 13.8 Å². The number of hydrogen-bond donors (Lipinski definition) is 0. The first-order valence-corrected chi connectivity index (χ1v) is 3.93. The summed E-state index contributed by atoms with van der Waals surface area (Å²) < 4.78 is 35.2. The van der Waals surface area contributed by atoms with Gasteiger partial charge in [0.15, 0.2) is 0 Å². The van der Waals surface area contributed by atoms with Gasteiger partial charge in [-0.3, -0.25) is 0 Å². The van der Waals surface area contributed by atoms with Crippen LogP contribution in [0.5, 0.6) is 0 Å². The molecule has 0 bridgehead atoms. The summed E-state index contributed by atoms with van der Waals surface area (Å²) in [6.45, 7) is 0.691. The molecule has 0 aliphatic carbocycles. The maximum atomic E-state index is 11.7. The molecule has 0 saturated carbocycles. The van der Waals surface area contributed by atoms with Crippen molar-refractivity contribution in [1.29, 1.82) is 0 Å².